The summed E-state index contributed by atoms with van der Waals surface area (Å²) in [7, 11) is 0. The molecule has 1 aliphatic heterocycles. The zero-order chi connectivity index (χ0) is 14.0. The lowest BCUT2D eigenvalue weighted by Crippen LogP contribution is -2.50. The molecule has 1 saturated heterocycles. The highest BCUT2D eigenvalue weighted by Crippen LogP contribution is 2.31. The van der Waals surface area contributed by atoms with Gasteiger partial charge in [0.25, 0.3) is 0 Å². The second-order valence-corrected chi connectivity index (χ2v) is 5.90. The fourth-order valence-corrected chi connectivity index (χ4v) is 3.25. The van der Waals surface area contributed by atoms with Crippen molar-refractivity contribution in [2.45, 2.75) is 51.7 Å². The third kappa shape index (κ3) is 3.47. The summed E-state index contributed by atoms with van der Waals surface area (Å²) < 4.78 is 5.63. The summed E-state index contributed by atoms with van der Waals surface area (Å²) in [6, 6.07) is 0. The van der Waals surface area contributed by atoms with Crippen LogP contribution < -0.4 is 0 Å². The van der Waals surface area contributed by atoms with Crippen LogP contribution in [0.25, 0.3) is 0 Å². The minimum Gasteiger partial charge on any atom is -0.481 e. The topological polar surface area (TPSA) is 66.8 Å². The fourth-order valence-electron chi connectivity index (χ4n) is 3.25. The molecule has 1 aliphatic carbocycles. The van der Waals surface area contributed by atoms with Gasteiger partial charge < -0.3 is 14.7 Å². The quantitative estimate of drug-likeness (QED) is 0.825. The van der Waals surface area contributed by atoms with Crippen LogP contribution in [0.5, 0.6) is 0 Å². The molecule has 0 aromatic carbocycles. The van der Waals surface area contributed by atoms with E-state index < -0.39 is 5.97 Å². The number of hydrogen-bond donors (Lipinski definition) is 1. The zero-order valence-corrected chi connectivity index (χ0v) is 11.7. The van der Waals surface area contributed by atoms with Crippen molar-refractivity contribution in [2.24, 2.45) is 11.8 Å². The van der Waals surface area contributed by atoms with Crippen molar-refractivity contribution in [1.82, 2.24) is 4.90 Å². The minimum absolute atomic E-state index is 0.0616. The molecule has 2 aliphatic rings. The molecule has 4 atom stereocenters. The molecular weight excluding hydrogens is 246 g/mol. The summed E-state index contributed by atoms with van der Waals surface area (Å²) in [6.07, 6.45) is 2.98. The lowest BCUT2D eigenvalue weighted by atomic mass is 9.80. The summed E-state index contributed by atoms with van der Waals surface area (Å²) in [5.41, 5.74) is 0. The molecule has 0 aromatic heterocycles. The summed E-state index contributed by atoms with van der Waals surface area (Å²) >= 11 is 0. The van der Waals surface area contributed by atoms with Crippen LogP contribution in [-0.4, -0.2) is 47.2 Å². The third-order valence-corrected chi connectivity index (χ3v) is 4.10. The van der Waals surface area contributed by atoms with Crippen LogP contribution in [0.2, 0.25) is 0 Å². The highest BCUT2D eigenvalue weighted by Gasteiger charge is 2.35. The first kappa shape index (κ1) is 14.3. The third-order valence-electron chi connectivity index (χ3n) is 4.10. The van der Waals surface area contributed by atoms with E-state index in [0.717, 1.165) is 12.8 Å². The van der Waals surface area contributed by atoms with Crippen LogP contribution in [0.3, 0.4) is 0 Å². The van der Waals surface area contributed by atoms with Crippen LogP contribution >= 0.6 is 0 Å². The van der Waals surface area contributed by atoms with E-state index in [9.17, 15) is 9.59 Å². The van der Waals surface area contributed by atoms with Gasteiger partial charge in [0.2, 0.25) is 5.91 Å². The van der Waals surface area contributed by atoms with E-state index in [1.807, 2.05) is 18.7 Å². The van der Waals surface area contributed by atoms with Gasteiger partial charge in [0.05, 0.1) is 18.1 Å². The molecular formula is C14H23NO4. The molecule has 19 heavy (non-hydrogen) atoms. The molecule has 1 N–H and O–H groups in total. The Hall–Kier alpha value is -1.10. The van der Waals surface area contributed by atoms with Gasteiger partial charge in [-0.05, 0) is 33.1 Å². The lowest BCUT2D eigenvalue weighted by Gasteiger charge is -2.38. The number of carbonyl (C=O) groups is 2. The van der Waals surface area contributed by atoms with Crippen LogP contribution in [-0.2, 0) is 14.3 Å². The first-order valence-electron chi connectivity index (χ1n) is 7.14. The van der Waals surface area contributed by atoms with Gasteiger partial charge >= 0.3 is 5.97 Å². The molecule has 0 aromatic rings. The van der Waals surface area contributed by atoms with Crippen molar-refractivity contribution in [3.05, 3.63) is 0 Å². The predicted octanol–water partition coefficient (Wildman–Crippen LogP) is 1.51. The smallest absolute Gasteiger partial charge is 0.306 e. The Kier molecular flexibility index (Phi) is 4.45. The highest BCUT2D eigenvalue weighted by atomic mass is 16.5. The predicted molar refractivity (Wildman–Crippen MR) is 69.7 cm³/mol. The van der Waals surface area contributed by atoms with Gasteiger partial charge in [0.1, 0.15) is 0 Å². The zero-order valence-electron chi connectivity index (χ0n) is 11.7. The van der Waals surface area contributed by atoms with Gasteiger partial charge in [-0.3, -0.25) is 9.59 Å². The Morgan fingerprint density at radius 1 is 1.11 bits per heavy atom. The van der Waals surface area contributed by atoms with Crippen molar-refractivity contribution in [2.75, 3.05) is 13.1 Å². The van der Waals surface area contributed by atoms with Crippen molar-refractivity contribution in [3.63, 3.8) is 0 Å². The number of hydrogen-bond acceptors (Lipinski definition) is 3. The van der Waals surface area contributed by atoms with Crippen LogP contribution in [0, 0.1) is 11.8 Å². The highest BCUT2D eigenvalue weighted by molar-refractivity contribution is 5.80. The Balaban J connectivity index is 1.96. The molecule has 0 unspecified atom stereocenters. The van der Waals surface area contributed by atoms with Gasteiger partial charge in [-0.1, -0.05) is 6.42 Å². The minimum atomic E-state index is -0.763. The van der Waals surface area contributed by atoms with Gasteiger partial charge in [0.15, 0.2) is 0 Å². The van der Waals surface area contributed by atoms with Crippen LogP contribution in [0.15, 0.2) is 0 Å². The molecule has 5 heteroatoms. The molecule has 0 radical (unpaired) electrons. The SMILES string of the molecule is C[C@@H]1CN(C(=O)[C@@H]2CCC[C@@H](C(=O)O)C2)C[C@@H](C)O1. The van der Waals surface area contributed by atoms with Crippen LogP contribution in [0.1, 0.15) is 39.5 Å². The molecule has 2 rings (SSSR count). The number of morpholine rings is 1. The van der Waals surface area contributed by atoms with Gasteiger partial charge in [-0.25, -0.2) is 0 Å². The maximum atomic E-state index is 12.5. The fraction of sp³-hybridized carbons (Fsp3) is 0.857. The van der Waals surface area contributed by atoms with E-state index in [0.29, 0.717) is 25.9 Å². The van der Waals surface area contributed by atoms with E-state index in [-0.39, 0.29) is 30.0 Å². The van der Waals surface area contributed by atoms with E-state index >= 15 is 0 Å². The first-order chi connectivity index (χ1) is 8.97. The monoisotopic (exact) mass is 269 g/mol. The summed E-state index contributed by atoms with van der Waals surface area (Å²) in [6.45, 7) is 5.18. The molecule has 108 valence electrons. The van der Waals surface area contributed by atoms with Gasteiger partial charge in [-0.15, -0.1) is 0 Å². The Bertz CT molecular complexity index is 347. The molecule has 2 fully saturated rings. The first-order valence-corrected chi connectivity index (χ1v) is 7.14. The number of rotatable bonds is 2. The second kappa shape index (κ2) is 5.90. The molecule has 1 heterocycles. The van der Waals surface area contributed by atoms with Crippen molar-refractivity contribution >= 4 is 11.9 Å². The van der Waals surface area contributed by atoms with E-state index in [1.54, 1.807) is 0 Å². The summed E-state index contributed by atoms with van der Waals surface area (Å²) in [5, 5.41) is 9.09. The normalized spacial score (nSPS) is 36.0. The largest absolute Gasteiger partial charge is 0.481 e. The maximum Gasteiger partial charge on any atom is 0.306 e. The Morgan fingerprint density at radius 2 is 1.68 bits per heavy atom. The number of nitrogens with zero attached hydrogens (tertiary/aromatic N) is 1. The number of aliphatic carboxylic acids is 1. The standard InChI is InChI=1S/C14H23NO4/c1-9-7-15(8-10(2)19-9)13(16)11-4-3-5-12(6-11)14(17)18/h9-12H,3-8H2,1-2H3,(H,17,18)/t9-,10-,11-,12-/m1/s1. The van der Waals surface area contributed by atoms with Crippen molar-refractivity contribution in [1.29, 1.82) is 0 Å². The number of carbonyl (C=O) groups excluding carboxylic acids is 1. The molecule has 0 spiro atoms. The lowest BCUT2D eigenvalue weighted by molar-refractivity contribution is -0.151. The summed E-state index contributed by atoms with van der Waals surface area (Å²) in [4.78, 5) is 25.4. The summed E-state index contributed by atoms with van der Waals surface area (Å²) in [5.74, 6) is -1.11. The number of carboxylic acid groups (broad SMARTS) is 1. The average Bonchev–Trinajstić information content (AvgIpc) is 2.37. The molecule has 0 bridgehead atoms. The van der Waals surface area contributed by atoms with Crippen LogP contribution in [0.4, 0.5) is 0 Å². The van der Waals surface area contributed by atoms with E-state index in [4.69, 9.17) is 9.84 Å². The number of amides is 1. The van der Waals surface area contributed by atoms with Crippen molar-refractivity contribution < 1.29 is 19.4 Å². The number of carboxylic acids is 1. The number of ether oxygens (including phenoxy) is 1. The van der Waals surface area contributed by atoms with Gasteiger partial charge in [0, 0.05) is 19.0 Å². The molecule has 5 nitrogen and oxygen atoms in total. The Labute approximate surface area is 113 Å². The second-order valence-electron chi connectivity index (χ2n) is 5.90. The maximum absolute atomic E-state index is 12.5. The Morgan fingerprint density at radius 3 is 2.26 bits per heavy atom. The van der Waals surface area contributed by atoms with E-state index in [1.165, 1.54) is 0 Å². The molecule has 1 saturated carbocycles. The molecule has 1 amide bonds. The van der Waals surface area contributed by atoms with Gasteiger partial charge in [-0.2, -0.15) is 0 Å². The van der Waals surface area contributed by atoms with Crippen molar-refractivity contribution in [3.8, 4) is 0 Å². The van der Waals surface area contributed by atoms with E-state index in [2.05, 4.69) is 0 Å². The average molecular weight is 269 g/mol.